The molecule has 1 atom stereocenters. The number of sulfone groups is 1. The molecule has 1 saturated heterocycles. The van der Waals surface area contributed by atoms with Crippen molar-refractivity contribution >= 4 is 15.7 Å². The monoisotopic (exact) mass is 325 g/mol. The Hall–Kier alpha value is -1.56. The van der Waals surface area contributed by atoms with E-state index in [2.05, 4.69) is 19.2 Å². The molecule has 1 aromatic rings. The topological polar surface area (TPSA) is 72.5 Å². The van der Waals surface area contributed by atoms with Crippen molar-refractivity contribution in [3.63, 3.8) is 0 Å². The van der Waals surface area contributed by atoms with Crippen LogP contribution in [0.2, 0.25) is 0 Å². The highest BCUT2D eigenvalue weighted by molar-refractivity contribution is 7.91. The fraction of sp³-hybridized carbons (Fsp3) is 0.562. The van der Waals surface area contributed by atoms with Crippen LogP contribution in [0.5, 0.6) is 5.75 Å². The number of rotatable bonds is 5. The average molecular weight is 325 g/mol. The lowest BCUT2D eigenvalue weighted by Gasteiger charge is -2.14. The zero-order valence-corrected chi connectivity index (χ0v) is 14.1. The molecular formula is C16H23NO4S. The predicted molar refractivity (Wildman–Crippen MR) is 86.0 cm³/mol. The number of hydrogen-bond donors (Lipinski definition) is 1. The molecule has 1 fully saturated rings. The van der Waals surface area contributed by atoms with Crippen LogP contribution in [0.1, 0.15) is 37.3 Å². The molecule has 5 nitrogen and oxygen atoms in total. The third-order valence-electron chi connectivity index (χ3n) is 3.88. The highest BCUT2D eigenvalue weighted by Gasteiger charge is 2.28. The Morgan fingerprint density at radius 2 is 2.14 bits per heavy atom. The van der Waals surface area contributed by atoms with E-state index in [1.54, 1.807) is 7.11 Å². The Morgan fingerprint density at radius 1 is 1.41 bits per heavy atom. The largest absolute Gasteiger partial charge is 0.496 e. The fourth-order valence-corrected chi connectivity index (χ4v) is 4.39. The van der Waals surface area contributed by atoms with Crippen LogP contribution >= 0.6 is 0 Å². The molecule has 0 saturated carbocycles. The molecule has 1 heterocycles. The molecule has 1 unspecified atom stereocenters. The normalized spacial score (nSPS) is 20.1. The molecule has 0 spiro atoms. The van der Waals surface area contributed by atoms with Crippen molar-refractivity contribution in [3.8, 4) is 5.75 Å². The van der Waals surface area contributed by atoms with Crippen LogP contribution in [-0.4, -0.2) is 39.0 Å². The molecule has 0 radical (unpaired) electrons. The van der Waals surface area contributed by atoms with E-state index in [0.29, 0.717) is 12.3 Å². The van der Waals surface area contributed by atoms with Crippen molar-refractivity contribution in [1.82, 2.24) is 5.32 Å². The van der Waals surface area contributed by atoms with Gasteiger partial charge in [-0.15, -0.1) is 0 Å². The summed E-state index contributed by atoms with van der Waals surface area (Å²) in [5, 5.41) is 2.81. The van der Waals surface area contributed by atoms with Crippen molar-refractivity contribution in [3.05, 3.63) is 29.3 Å². The maximum atomic E-state index is 12.1. The Labute approximate surface area is 132 Å². The van der Waals surface area contributed by atoms with Crippen LogP contribution in [0.4, 0.5) is 0 Å². The lowest BCUT2D eigenvalue weighted by atomic mass is 9.98. The van der Waals surface area contributed by atoms with E-state index in [0.717, 1.165) is 16.9 Å². The first-order valence-corrected chi connectivity index (χ1v) is 9.29. The first-order valence-electron chi connectivity index (χ1n) is 7.47. The summed E-state index contributed by atoms with van der Waals surface area (Å²) in [5.41, 5.74) is 1.97. The maximum absolute atomic E-state index is 12.1. The minimum atomic E-state index is -2.97. The summed E-state index contributed by atoms with van der Waals surface area (Å²) in [4.78, 5) is 12.1. The summed E-state index contributed by atoms with van der Waals surface area (Å²) < 4.78 is 28.1. The number of carbonyl (C=O) groups excluding carboxylic acids is 1. The van der Waals surface area contributed by atoms with Crippen LogP contribution in [0.3, 0.4) is 0 Å². The van der Waals surface area contributed by atoms with Gasteiger partial charge in [-0.25, -0.2) is 8.42 Å². The van der Waals surface area contributed by atoms with Crippen LogP contribution in [-0.2, 0) is 21.1 Å². The van der Waals surface area contributed by atoms with E-state index in [4.69, 9.17) is 4.74 Å². The summed E-state index contributed by atoms with van der Waals surface area (Å²) >= 11 is 0. The summed E-state index contributed by atoms with van der Waals surface area (Å²) in [5.74, 6) is 1.21. The molecular weight excluding hydrogens is 302 g/mol. The van der Waals surface area contributed by atoms with Gasteiger partial charge in [-0.2, -0.15) is 0 Å². The predicted octanol–water partition coefficient (Wildman–Crippen LogP) is 1.66. The fourth-order valence-electron chi connectivity index (χ4n) is 2.72. The second kappa shape index (κ2) is 6.69. The Kier molecular flexibility index (Phi) is 5.11. The standard InChI is InChI=1S/C16H23NO4S/c1-11(2)14-8-12(4-5-15(14)21-3)9-16(18)17-13-6-7-22(19,20)10-13/h4-5,8,11,13H,6-7,9-10H2,1-3H3,(H,17,18). The lowest BCUT2D eigenvalue weighted by molar-refractivity contribution is -0.121. The molecule has 2 rings (SSSR count). The minimum absolute atomic E-state index is 0.0542. The third kappa shape index (κ3) is 4.22. The van der Waals surface area contributed by atoms with Crippen molar-refractivity contribution in [2.24, 2.45) is 0 Å². The van der Waals surface area contributed by atoms with Crippen molar-refractivity contribution in [2.75, 3.05) is 18.6 Å². The molecule has 1 aliphatic rings. The molecule has 1 N–H and O–H groups in total. The van der Waals surface area contributed by atoms with Crippen LogP contribution in [0, 0.1) is 0 Å². The van der Waals surface area contributed by atoms with Crippen LogP contribution in [0.25, 0.3) is 0 Å². The van der Waals surface area contributed by atoms with Crippen molar-refractivity contribution < 1.29 is 17.9 Å². The molecule has 1 aromatic carbocycles. The molecule has 0 aliphatic carbocycles. The van der Waals surface area contributed by atoms with Gasteiger partial charge in [0.05, 0.1) is 25.0 Å². The third-order valence-corrected chi connectivity index (χ3v) is 5.65. The van der Waals surface area contributed by atoms with Crippen LogP contribution in [0.15, 0.2) is 18.2 Å². The van der Waals surface area contributed by atoms with Crippen LogP contribution < -0.4 is 10.1 Å². The van der Waals surface area contributed by atoms with E-state index >= 15 is 0 Å². The number of amides is 1. The number of carbonyl (C=O) groups is 1. The summed E-state index contributed by atoms with van der Waals surface area (Å²) in [6.45, 7) is 4.15. The van der Waals surface area contributed by atoms with Gasteiger partial charge in [-0.05, 0) is 29.5 Å². The minimum Gasteiger partial charge on any atom is -0.496 e. The second-order valence-electron chi connectivity index (χ2n) is 6.08. The van der Waals surface area contributed by atoms with E-state index in [1.807, 2.05) is 18.2 Å². The van der Waals surface area contributed by atoms with E-state index in [9.17, 15) is 13.2 Å². The molecule has 0 aromatic heterocycles. The van der Waals surface area contributed by atoms with Gasteiger partial charge in [-0.3, -0.25) is 4.79 Å². The molecule has 22 heavy (non-hydrogen) atoms. The van der Waals surface area contributed by atoms with Gasteiger partial charge in [0.15, 0.2) is 9.84 Å². The molecule has 1 amide bonds. The first-order chi connectivity index (χ1) is 10.3. The smallest absolute Gasteiger partial charge is 0.224 e. The quantitative estimate of drug-likeness (QED) is 0.894. The SMILES string of the molecule is COc1ccc(CC(=O)NC2CCS(=O)(=O)C2)cc1C(C)C. The van der Waals surface area contributed by atoms with Crippen molar-refractivity contribution in [2.45, 2.75) is 38.6 Å². The highest BCUT2D eigenvalue weighted by atomic mass is 32.2. The van der Waals surface area contributed by atoms with Gasteiger partial charge >= 0.3 is 0 Å². The maximum Gasteiger partial charge on any atom is 0.224 e. The van der Waals surface area contributed by atoms with Gasteiger partial charge < -0.3 is 10.1 Å². The molecule has 122 valence electrons. The molecule has 1 aliphatic heterocycles. The number of ether oxygens (including phenoxy) is 1. The number of nitrogens with one attached hydrogen (secondary N) is 1. The zero-order chi connectivity index (χ0) is 16.3. The van der Waals surface area contributed by atoms with Gasteiger partial charge in [0.2, 0.25) is 5.91 Å². The van der Waals surface area contributed by atoms with E-state index in [-0.39, 0.29) is 29.9 Å². The molecule has 0 bridgehead atoms. The average Bonchev–Trinajstić information content (AvgIpc) is 2.77. The van der Waals surface area contributed by atoms with E-state index in [1.165, 1.54) is 0 Å². The first kappa shape index (κ1) is 16.8. The van der Waals surface area contributed by atoms with Gasteiger partial charge in [0, 0.05) is 6.04 Å². The number of methoxy groups -OCH3 is 1. The Balaban J connectivity index is 2.01. The molecule has 6 heteroatoms. The van der Waals surface area contributed by atoms with E-state index < -0.39 is 9.84 Å². The number of hydrogen-bond acceptors (Lipinski definition) is 4. The van der Waals surface area contributed by atoms with Gasteiger partial charge in [0.1, 0.15) is 5.75 Å². The summed E-state index contributed by atoms with van der Waals surface area (Å²) in [6, 6.07) is 5.47. The van der Waals surface area contributed by atoms with Gasteiger partial charge in [-0.1, -0.05) is 26.0 Å². The van der Waals surface area contributed by atoms with Crippen molar-refractivity contribution in [1.29, 1.82) is 0 Å². The zero-order valence-electron chi connectivity index (χ0n) is 13.3. The summed E-state index contributed by atoms with van der Waals surface area (Å²) in [7, 11) is -1.34. The number of benzene rings is 1. The second-order valence-corrected chi connectivity index (χ2v) is 8.30. The van der Waals surface area contributed by atoms with Gasteiger partial charge in [0.25, 0.3) is 0 Å². The highest BCUT2D eigenvalue weighted by Crippen LogP contribution is 2.27. The summed E-state index contributed by atoms with van der Waals surface area (Å²) in [6.07, 6.45) is 0.758. The lowest BCUT2D eigenvalue weighted by Crippen LogP contribution is -2.36. The Morgan fingerprint density at radius 3 is 2.68 bits per heavy atom. The Bertz CT molecular complexity index is 652.